The molecule has 0 radical (unpaired) electrons. The van der Waals surface area contributed by atoms with E-state index in [1.807, 2.05) is 67.4 Å². The van der Waals surface area contributed by atoms with Crippen LogP contribution in [0.3, 0.4) is 0 Å². The molecule has 0 saturated heterocycles. The molecule has 0 aliphatic carbocycles. The lowest BCUT2D eigenvalue weighted by atomic mass is 10.1. The SMILES string of the molecule is CCc1ccccc1NC(=O)CNC(=O)CN(C)Cc1ccccc1Cl. The van der Waals surface area contributed by atoms with Crippen molar-refractivity contribution in [3.05, 3.63) is 64.7 Å². The van der Waals surface area contributed by atoms with Gasteiger partial charge in [0.25, 0.3) is 0 Å². The first-order chi connectivity index (χ1) is 12.5. The highest BCUT2D eigenvalue weighted by Gasteiger charge is 2.11. The topological polar surface area (TPSA) is 61.4 Å². The third-order valence-electron chi connectivity index (χ3n) is 3.93. The van der Waals surface area contributed by atoms with Gasteiger partial charge in [0.2, 0.25) is 11.8 Å². The molecule has 0 aromatic heterocycles. The number of anilines is 1. The Hall–Kier alpha value is -2.37. The van der Waals surface area contributed by atoms with Crippen LogP contribution in [0.25, 0.3) is 0 Å². The number of rotatable bonds is 8. The quantitative estimate of drug-likeness (QED) is 0.747. The smallest absolute Gasteiger partial charge is 0.243 e. The van der Waals surface area contributed by atoms with E-state index in [9.17, 15) is 9.59 Å². The Balaban J connectivity index is 1.77. The van der Waals surface area contributed by atoms with Gasteiger partial charge in [-0.15, -0.1) is 0 Å². The molecule has 0 spiro atoms. The van der Waals surface area contributed by atoms with Crippen molar-refractivity contribution >= 4 is 29.1 Å². The summed E-state index contributed by atoms with van der Waals surface area (Å²) in [5.41, 5.74) is 2.80. The maximum atomic E-state index is 12.0. The van der Waals surface area contributed by atoms with Gasteiger partial charge in [0.1, 0.15) is 0 Å². The molecule has 0 saturated carbocycles. The number of nitrogens with zero attached hydrogens (tertiary/aromatic N) is 1. The zero-order valence-corrected chi connectivity index (χ0v) is 15.8. The van der Waals surface area contributed by atoms with Crippen LogP contribution in [0.5, 0.6) is 0 Å². The van der Waals surface area contributed by atoms with E-state index in [0.29, 0.717) is 11.6 Å². The number of benzene rings is 2. The second kappa shape index (κ2) is 9.94. The summed E-state index contributed by atoms with van der Waals surface area (Å²) < 4.78 is 0. The van der Waals surface area contributed by atoms with Crippen LogP contribution in [0.15, 0.2) is 48.5 Å². The highest BCUT2D eigenvalue weighted by molar-refractivity contribution is 6.31. The fourth-order valence-electron chi connectivity index (χ4n) is 2.60. The van der Waals surface area contributed by atoms with Crippen molar-refractivity contribution in [3.63, 3.8) is 0 Å². The average Bonchev–Trinajstić information content (AvgIpc) is 2.62. The fraction of sp³-hybridized carbons (Fsp3) is 0.300. The molecule has 0 aliphatic heterocycles. The number of carbonyl (C=O) groups excluding carboxylic acids is 2. The molecular weight excluding hydrogens is 350 g/mol. The molecule has 2 aromatic carbocycles. The summed E-state index contributed by atoms with van der Waals surface area (Å²) in [6, 6.07) is 15.2. The van der Waals surface area contributed by atoms with Gasteiger partial charge < -0.3 is 10.6 Å². The summed E-state index contributed by atoms with van der Waals surface area (Å²) in [5.74, 6) is -0.452. The van der Waals surface area contributed by atoms with Crippen LogP contribution in [0.1, 0.15) is 18.1 Å². The summed E-state index contributed by atoms with van der Waals surface area (Å²) in [7, 11) is 1.83. The molecule has 0 heterocycles. The van der Waals surface area contributed by atoms with Crippen LogP contribution in [0, 0.1) is 0 Å². The van der Waals surface area contributed by atoms with Crippen molar-refractivity contribution in [2.75, 3.05) is 25.5 Å². The Kier molecular flexibility index (Phi) is 7.63. The predicted octanol–water partition coefficient (Wildman–Crippen LogP) is 3.09. The van der Waals surface area contributed by atoms with Gasteiger partial charge in [-0.25, -0.2) is 0 Å². The van der Waals surface area contributed by atoms with Gasteiger partial charge in [-0.05, 0) is 36.7 Å². The van der Waals surface area contributed by atoms with Gasteiger partial charge in [-0.2, -0.15) is 0 Å². The Morgan fingerprint density at radius 1 is 1.00 bits per heavy atom. The van der Waals surface area contributed by atoms with Crippen LogP contribution >= 0.6 is 11.6 Å². The van der Waals surface area contributed by atoms with E-state index in [1.165, 1.54) is 0 Å². The number of likely N-dealkylation sites (N-methyl/N-ethyl adjacent to an activating group) is 1. The normalized spacial score (nSPS) is 10.6. The molecule has 2 amide bonds. The van der Waals surface area contributed by atoms with E-state index < -0.39 is 0 Å². The van der Waals surface area contributed by atoms with Crippen LogP contribution in [0.2, 0.25) is 5.02 Å². The Morgan fingerprint density at radius 3 is 2.35 bits per heavy atom. The summed E-state index contributed by atoms with van der Waals surface area (Å²) >= 11 is 6.13. The van der Waals surface area contributed by atoms with Crippen molar-refractivity contribution in [3.8, 4) is 0 Å². The molecule has 5 nitrogen and oxygen atoms in total. The van der Waals surface area contributed by atoms with Crippen LogP contribution < -0.4 is 10.6 Å². The maximum Gasteiger partial charge on any atom is 0.243 e. The zero-order chi connectivity index (χ0) is 18.9. The molecule has 0 atom stereocenters. The standard InChI is InChI=1S/C20H24ClN3O2/c1-3-15-8-5-7-11-18(15)23-19(25)12-22-20(26)14-24(2)13-16-9-4-6-10-17(16)21/h4-11H,3,12-14H2,1-2H3,(H,22,26)(H,23,25). The minimum absolute atomic E-state index is 0.0587. The number of halogens is 1. The van der Waals surface area contributed by atoms with E-state index in [0.717, 1.165) is 23.2 Å². The number of para-hydroxylation sites is 1. The Labute approximate surface area is 159 Å². The highest BCUT2D eigenvalue weighted by atomic mass is 35.5. The molecule has 138 valence electrons. The molecule has 2 N–H and O–H groups in total. The second-order valence-electron chi connectivity index (χ2n) is 6.10. The molecule has 6 heteroatoms. The lowest BCUT2D eigenvalue weighted by Gasteiger charge is -2.17. The number of amides is 2. The van der Waals surface area contributed by atoms with Gasteiger partial charge in [-0.3, -0.25) is 14.5 Å². The molecule has 26 heavy (non-hydrogen) atoms. The minimum atomic E-state index is -0.243. The fourth-order valence-corrected chi connectivity index (χ4v) is 2.79. The van der Waals surface area contributed by atoms with Crippen molar-refractivity contribution in [2.45, 2.75) is 19.9 Å². The first-order valence-corrected chi connectivity index (χ1v) is 8.93. The number of hydrogen-bond donors (Lipinski definition) is 2. The van der Waals surface area contributed by atoms with Gasteiger partial charge in [0, 0.05) is 17.3 Å². The Morgan fingerprint density at radius 2 is 1.65 bits per heavy atom. The van der Waals surface area contributed by atoms with Crippen molar-refractivity contribution < 1.29 is 9.59 Å². The summed E-state index contributed by atoms with van der Waals surface area (Å²) in [6.07, 6.45) is 0.829. The van der Waals surface area contributed by atoms with Gasteiger partial charge >= 0.3 is 0 Å². The number of carbonyl (C=O) groups is 2. The summed E-state index contributed by atoms with van der Waals surface area (Å²) in [6.45, 7) is 2.71. The van der Waals surface area contributed by atoms with E-state index in [4.69, 9.17) is 11.6 Å². The maximum absolute atomic E-state index is 12.0. The van der Waals surface area contributed by atoms with Gasteiger partial charge in [0.05, 0.1) is 13.1 Å². The summed E-state index contributed by atoms with van der Waals surface area (Å²) in [4.78, 5) is 25.9. The van der Waals surface area contributed by atoms with E-state index in [2.05, 4.69) is 10.6 Å². The van der Waals surface area contributed by atoms with E-state index in [-0.39, 0.29) is 24.9 Å². The van der Waals surface area contributed by atoms with Gasteiger partial charge in [-0.1, -0.05) is 54.9 Å². The van der Waals surface area contributed by atoms with Crippen molar-refractivity contribution in [2.24, 2.45) is 0 Å². The third-order valence-corrected chi connectivity index (χ3v) is 4.30. The number of aryl methyl sites for hydroxylation is 1. The number of nitrogens with one attached hydrogen (secondary N) is 2. The first kappa shape index (κ1) is 19.9. The lowest BCUT2D eigenvalue weighted by Crippen LogP contribution is -2.39. The third kappa shape index (κ3) is 6.17. The van der Waals surface area contributed by atoms with E-state index >= 15 is 0 Å². The average molecular weight is 374 g/mol. The predicted molar refractivity (Wildman–Crippen MR) is 105 cm³/mol. The molecular formula is C20H24ClN3O2. The molecule has 2 rings (SSSR count). The van der Waals surface area contributed by atoms with Crippen molar-refractivity contribution in [1.82, 2.24) is 10.2 Å². The minimum Gasteiger partial charge on any atom is -0.346 e. The number of hydrogen-bond acceptors (Lipinski definition) is 3. The Bertz CT molecular complexity index is 764. The van der Waals surface area contributed by atoms with Crippen LogP contribution in [-0.4, -0.2) is 36.9 Å². The largest absolute Gasteiger partial charge is 0.346 e. The van der Waals surface area contributed by atoms with Crippen LogP contribution in [0.4, 0.5) is 5.69 Å². The second-order valence-corrected chi connectivity index (χ2v) is 6.51. The highest BCUT2D eigenvalue weighted by Crippen LogP contribution is 2.16. The zero-order valence-electron chi connectivity index (χ0n) is 15.1. The first-order valence-electron chi connectivity index (χ1n) is 8.56. The summed E-state index contributed by atoms with van der Waals surface area (Å²) in [5, 5.41) is 6.15. The molecule has 0 fully saturated rings. The van der Waals surface area contributed by atoms with Gasteiger partial charge in [0.15, 0.2) is 0 Å². The molecule has 0 aliphatic rings. The molecule has 0 bridgehead atoms. The lowest BCUT2D eigenvalue weighted by molar-refractivity contribution is -0.124. The molecule has 0 unspecified atom stereocenters. The van der Waals surface area contributed by atoms with Crippen LogP contribution in [-0.2, 0) is 22.6 Å². The monoisotopic (exact) mass is 373 g/mol. The van der Waals surface area contributed by atoms with E-state index in [1.54, 1.807) is 0 Å². The molecule has 2 aromatic rings. The van der Waals surface area contributed by atoms with Crippen molar-refractivity contribution in [1.29, 1.82) is 0 Å².